The van der Waals surface area contributed by atoms with Crippen LogP contribution in [-0.2, 0) is 17.7 Å². The summed E-state index contributed by atoms with van der Waals surface area (Å²) in [5.41, 5.74) is -0.220. The minimum atomic E-state index is -0.833. The zero-order valence-corrected chi connectivity index (χ0v) is 17.8. The highest BCUT2D eigenvalue weighted by Crippen LogP contribution is 2.46. The van der Waals surface area contributed by atoms with Gasteiger partial charge in [-0.15, -0.1) is 0 Å². The van der Waals surface area contributed by atoms with Crippen molar-refractivity contribution >= 4 is 11.8 Å². The number of carbonyl (C=O) groups is 2. The van der Waals surface area contributed by atoms with E-state index in [1.807, 2.05) is 11.5 Å². The predicted molar refractivity (Wildman–Crippen MR) is 110 cm³/mol. The number of amides is 2. The largest absolute Gasteiger partial charge is 0.354 e. The second kappa shape index (κ2) is 7.23. The number of carbonyl (C=O) groups excluding carboxylic acids is 2. The van der Waals surface area contributed by atoms with Crippen LogP contribution in [0.4, 0.5) is 8.78 Å². The van der Waals surface area contributed by atoms with E-state index >= 15 is 0 Å². The van der Waals surface area contributed by atoms with Gasteiger partial charge in [0.2, 0.25) is 0 Å². The van der Waals surface area contributed by atoms with Crippen molar-refractivity contribution in [1.29, 1.82) is 0 Å². The molecule has 1 saturated heterocycles. The van der Waals surface area contributed by atoms with Crippen LogP contribution in [0.15, 0.2) is 23.0 Å². The van der Waals surface area contributed by atoms with Gasteiger partial charge in [-0.25, -0.2) is 8.78 Å². The van der Waals surface area contributed by atoms with E-state index in [4.69, 9.17) is 4.74 Å². The molecule has 9 heteroatoms. The molecule has 1 N–H and O–H groups in total. The third kappa shape index (κ3) is 2.83. The van der Waals surface area contributed by atoms with Crippen LogP contribution in [0.3, 0.4) is 0 Å². The molecule has 7 nitrogen and oxygen atoms in total. The zero-order chi connectivity index (χ0) is 22.8. The highest BCUT2D eigenvalue weighted by Gasteiger charge is 2.54. The Morgan fingerprint density at radius 1 is 1.31 bits per heavy atom. The van der Waals surface area contributed by atoms with Gasteiger partial charge in [-0.3, -0.25) is 14.4 Å². The van der Waals surface area contributed by atoms with Gasteiger partial charge in [-0.1, -0.05) is 6.07 Å². The molecular weight excluding hydrogens is 420 g/mol. The maximum atomic E-state index is 14.0. The van der Waals surface area contributed by atoms with Crippen LogP contribution in [-0.4, -0.2) is 40.2 Å². The number of nitrogens with one attached hydrogen (secondary N) is 1. The predicted octanol–water partition coefficient (Wildman–Crippen LogP) is 2.44. The van der Waals surface area contributed by atoms with Crippen molar-refractivity contribution in [2.75, 3.05) is 13.2 Å². The molecule has 2 amide bonds. The number of fused-ring (bicyclic) bond motifs is 2. The van der Waals surface area contributed by atoms with E-state index in [9.17, 15) is 23.2 Å². The lowest BCUT2D eigenvalue weighted by Gasteiger charge is -2.52. The molecular formula is C23H23F2N3O4. The second-order valence-corrected chi connectivity index (χ2v) is 8.68. The molecule has 0 saturated carbocycles. The summed E-state index contributed by atoms with van der Waals surface area (Å²) in [4.78, 5) is 41.3. The lowest BCUT2D eigenvalue weighted by molar-refractivity contribution is -0.186. The Hall–Kier alpha value is -3.07. The Balaban J connectivity index is 1.56. The Labute approximate surface area is 183 Å². The summed E-state index contributed by atoms with van der Waals surface area (Å²) in [7, 11) is 0. The van der Waals surface area contributed by atoms with Gasteiger partial charge in [0.25, 0.3) is 11.8 Å². The van der Waals surface area contributed by atoms with E-state index in [1.54, 1.807) is 11.8 Å². The molecule has 5 rings (SSSR count). The lowest BCUT2D eigenvalue weighted by atomic mass is 9.94. The summed E-state index contributed by atoms with van der Waals surface area (Å²) in [5, 5.41) is 2.58. The first-order chi connectivity index (χ1) is 15.2. The van der Waals surface area contributed by atoms with Crippen molar-refractivity contribution in [3.63, 3.8) is 0 Å². The minimum absolute atomic E-state index is 0.0306. The number of benzene rings is 1. The van der Waals surface area contributed by atoms with Gasteiger partial charge in [0.05, 0.1) is 12.6 Å². The highest BCUT2D eigenvalue weighted by molar-refractivity contribution is 5.99. The fourth-order valence-electron chi connectivity index (χ4n) is 5.30. The number of nitrogens with zero attached hydrogens (tertiary/aromatic N) is 2. The highest BCUT2D eigenvalue weighted by atomic mass is 19.1. The van der Waals surface area contributed by atoms with Gasteiger partial charge < -0.3 is 19.5 Å². The van der Waals surface area contributed by atoms with E-state index in [1.165, 1.54) is 6.07 Å². The van der Waals surface area contributed by atoms with Crippen LogP contribution in [0.25, 0.3) is 0 Å². The lowest BCUT2D eigenvalue weighted by Crippen LogP contribution is -2.63. The number of aromatic nitrogens is 1. The Morgan fingerprint density at radius 2 is 2.09 bits per heavy atom. The first kappa shape index (κ1) is 20.8. The maximum absolute atomic E-state index is 14.0. The Morgan fingerprint density at radius 3 is 2.84 bits per heavy atom. The van der Waals surface area contributed by atoms with E-state index < -0.39 is 28.7 Å². The van der Waals surface area contributed by atoms with Crippen LogP contribution in [0, 0.1) is 18.6 Å². The zero-order valence-electron chi connectivity index (χ0n) is 17.8. The topological polar surface area (TPSA) is 80.6 Å². The summed E-state index contributed by atoms with van der Waals surface area (Å²) >= 11 is 0. The number of ether oxygens (including phenoxy) is 1. The van der Waals surface area contributed by atoms with Gasteiger partial charge in [0.1, 0.15) is 22.9 Å². The molecule has 3 aliphatic rings. The standard InChI is InChI=1S/C23H23F2N3O4/c1-12-19-22(31)27-8-3-9-32-23(27,2)17-7-6-16(28(17)19)18(20(12)29)21(30)26-11-13-4-5-14(24)10-15(13)25/h4-5,10,17H,3,6-9,11H2,1-2H3,(H,26,30). The summed E-state index contributed by atoms with van der Waals surface area (Å²) in [6.45, 7) is 4.35. The molecule has 2 atom stereocenters. The van der Waals surface area contributed by atoms with Gasteiger partial charge >= 0.3 is 0 Å². The average molecular weight is 443 g/mol. The summed E-state index contributed by atoms with van der Waals surface area (Å²) in [6.07, 6.45) is 1.80. The number of rotatable bonds is 3. The quantitative estimate of drug-likeness (QED) is 0.790. The van der Waals surface area contributed by atoms with Gasteiger partial charge in [0, 0.05) is 36.0 Å². The molecule has 4 heterocycles. The maximum Gasteiger partial charge on any atom is 0.273 e. The van der Waals surface area contributed by atoms with Crippen molar-refractivity contribution in [1.82, 2.24) is 14.8 Å². The summed E-state index contributed by atoms with van der Waals surface area (Å²) in [5.74, 6) is -2.39. The smallest absolute Gasteiger partial charge is 0.273 e. The van der Waals surface area contributed by atoms with Crippen molar-refractivity contribution in [3.8, 4) is 0 Å². The van der Waals surface area contributed by atoms with Crippen LogP contribution in [0.2, 0.25) is 0 Å². The normalized spacial score (nSPS) is 23.7. The monoisotopic (exact) mass is 443 g/mol. The molecule has 0 bridgehead atoms. The van der Waals surface area contributed by atoms with E-state index in [0.29, 0.717) is 37.4 Å². The fraction of sp³-hybridized carbons (Fsp3) is 0.435. The van der Waals surface area contributed by atoms with Gasteiger partial charge in [-0.2, -0.15) is 0 Å². The van der Waals surface area contributed by atoms with Crippen molar-refractivity contribution in [2.45, 2.75) is 51.4 Å². The molecule has 0 spiro atoms. The van der Waals surface area contributed by atoms with Crippen LogP contribution < -0.4 is 10.7 Å². The van der Waals surface area contributed by atoms with Crippen LogP contribution >= 0.6 is 0 Å². The van der Waals surface area contributed by atoms with Crippen molar-refractivity contribution < 1.29 is 23.1 Å². The number of hydrogen-bond donors (Lipinski definition) is 1. The molecule has 2 unspecified atom stereocenters. The summed E-state index contributed by atoms with van der Waals surface area (Å²) < 4.78 is 35.0. The number of halogens is 2. The second-order valence-electron chi connectivity index (χ2n) is 8.68. The molecule has 0 aliphatic carbocycles. The molecule has 1 aromatic carbocycles. The number of pyridine rings is 1. The fourth-order valence-corrected chi connectivity index (χ4v) is 5.30. The van der Waals surface area contributed by atoms with Crippen molar-refractivity contribution in [2.24, 2.45) is 0 Å². The minimum Gasteiger partial charge on any atom is -0.354 e. The summed E-state index contributed by atoms with van der Waals surface area (Å²) in [6, 6.07) is 2.89. The van der Waals surface area contributed by atoms with Crippen molar-refractivity contribution in [3.05, 3.63) is 68.1 Å². The molecule has 32 heavy (non-hydrogen) atoms. The third-order valence-electron chi connectivity index (χ3n) is 6.91. The Bertz CT molecular complexity index is 1220. The SMILES string of the molecule is Cc1c2n3c(c(C(=O)NCc4ccc(F)cc4F)c1=O)CCC3C1(C)OCCCN1C2=O. The molecule has 2 aromatic rings. The van der Waals surface area contributed by atoms with E-state index in [2.05, 4.69) is 5.32 Å². The number of hydrogen-bond acceptors (Lipinski definition) is 4. The molecule has 1 aromatic heterocycles. The third-order valence-corrected chi connectivity index (χ3v) is 6.91. The van der Waals surface area contributed by atoms with E-state index in [-0.39, 0.29) is 35.2 Å². The molecule has 168 valence electrons. The Kier molecular flexibility index (Phi) is 4.70. The van der Waals surface area contributed by atoms with Gasteiger partial charge in [-0.05, 0) is 39.2 Å². The van der Waals surface area contributed by atoms with E-state index in [0.717, 1.165) is 18.6 Å². The molecule has 3 aliphatic heterocycles. The first-order valence-corrected chi connectivity index (χ1v) is 10.7. The first-order valence-electron chi connectivity index (χ1n) is 10.7. The van der Waals surface area contributed by atoms with Gasteiger partial charge in [0.15, 0.2) is 11.2 Å². The molecule has 1 fully saturated rings. The molecule has 0 radical (unpaired) electrons. The van der Waals surface area contributed by atoms with Crippen LogP contribution in [0.1, 0.15) is 63.5 Å². The average Bonchev–Trinajstić information content (AvgIpc) is 3.18. The van der Waals surface area contributed by atoms with Crippen LogP contribution in [0.5, 0.6) is 0 Å².